The van der Waals surface area contributed by atoms with Gasteiger partial charge >= 0.3 is 0 Å². The average Bonchev–Trinajstić information content (AvgIpc) is 2.40. The summed E-state index contributed by atoms with van der Waals surface area (Å²) < 4.78 is 1.16. The molecule has 1 N–H and O–H groups in total. The maximum atomic E-state index is 4.73. The second kappa shape index (κ2) is 6.47. The maximum Gasteiger partial charge on any atom is 0.144 e. The number of hydrogen-bond acceptors (Lipinski definition) is 5. The molecule has 3 nitrogen and oxygen atoms in total. The fourth-order valence-electron chi connectivity index (χ4n) is 1.69. The van der Waals surface area contributed by atoms with Crippen LogP contribution in [0.5, 0.6) is 0 Å². The summed E-state index contributed by atoms with van der Waals surface area (Å²) in [4.78, 5) is 9.39. The molecule has 2 heterocycles. The van der Waals surface area contributed by atoms with Gasteiger partial charge in [0.05, 0.1) is 14.5 Å². The van der Waals surface area contributed by atoms with Gasteiger partial charge in [-0.15, -0.1) is 11.8 Å². The number of aryl methyl sites for hydroxylation is 1. The predicted octanol–water partition coefficient (Wildman–Crippen LogP) is 3.21. The Morgan fingerprint density at radius 2 is 2.24 bits per heavy atom. The number of rotatable bonds is 3. The van der Waals surface area contributed by atoms with Crippen molar-refractivity contribution < 1.29 is 0 Å². The van der Waals surface area contributed by atoms with Crippen molar-refractivity contribution in [3.05, 3.63) is 15.1 Å². The number of thioether (sulfide) groups is 2. The van der Waals surface area contributed by atoms with Crippen LogP contribution in [-0.4, -0.2) is 34.3 Å². The monoisotopic (exact) mass is 381 g/mol. The van der Waals surface area contributed by atoms with Gasteiger partial charge < -0.3 is 5.32 Å². The quantitative estimate of drug-likeness (QED) is 0.814. The van der Waals surface area contributed by atoms with Gasteiger partial charge in [-0.2, -0.15) is 11.8 Å². The summed E-state index contributed by atoms with van der Waals surface area (Å²) in [6.07, 6.45) is 0.965. The van der Waals surface area contributed by atoms with Crippen molar-refractivity contribution in [2.24, 2.45) is 0 Å². The molecule has 0 saturated carbocycles. The van der Waals surface area contributed by atoms with Crippen LogP contribution in [0.15, 0.2) is 0 Å². The van der Waals surface area contributed by atoms with E-state index in [1.54, 1.807) is 0 Å². The lowest BCUT2D eigenvalue weighted by Crippen LogP contribution is -2.14. The molecule has 1 atom stereocenters. The number of halogens is 1. The van der Waals surface area contributed by atoms with Gasteiger partial charge in [0.1, 0.15) is 11.6 Å². The summed E-state index contributed by atoms with van der Waals surface area (Å²) in [5.74, 6) is 5.58. The van der Waals surface area contributed by atoms with E-state index in [1.807, 2.05) is 30.6 Å². The highest BCUT2D eigenvalue weighted by atomic mass is 127. The highest BCUT2D eigenvalue weighted by Gasteiger charge is 2.21. The van der Waals surface area contributed by atoms with Gasteiger partial charge in [-0.05, 0) is 29.0 Å². The first-order valence-electron chi connectivity index (χ1n) is 5.69. The minimum atomic E-state index is 0.461. The molecule has 0 aromatic carbocycles. The van der Waals surface area contributed by atoms with Crippen molar-refractivity contribution in [1.82, 2.24) is 9.97 Å². The normalized spacial score (nSPS) is 20.3. The van der Waals surface area contributed by atoms with E-state index < -0.39 is 0 Å². The first-order chi connectivity index (χ1) is 8.26. The van der Waals surface area contributed by atoms with Crippen LogP contribution in [0, 0.1) is 3.57 Å². The van der Waals surface area contributed by atoms with Crippen LogP contribution in [-0.2, 0) is 6.42 Å². The van der Waals surface area contributed by atoms with E-state index in [0.717, 1.165) is 33.1 Å². The number of anilines is 1. The molecule has 0 amide bonds. The molecule has 0 spiro atoms. The first kappa shape index (κ1) is 13.7. The highest BCUT2D eigenvalue weighted by Crippen LogP contribution is 2.36. The molecule has 1 aromatic heterocycles. The third-order valence-electron chi connectivity index (χ3n) is 2.61. The Morgan fingerprint density at radius 3 is 2.82 bits per heavy atom. The Morgan fingerprint density at radius 1 is 1.41 bits per heavy atom. The molecule has 1 aromatic rings. The Labute approximate surface area is 124 Å². The number of nitrogens with zero attached hydrogens (tertiary/aromatic N) is 2. The third-order valence-corrected chi connectivity index (χ3v) is 6.50. The smallest absolute Gasteiger partial charge is 0.144 e. The Balaban J connectivity index is 2.33. The van der Waals surface area contributed by atoms with Crippen molar-refractivity contribution >= 4 is 51.9 Å². The zero-order valence-corrected chi connectivity index (χ0v) is 13.8. The molecule has 1 unspecified atom stereocenters. The van der Waals surface area contributed by atoms with Gasteiger partial charge in [-0.25, -0.2) is 9.97 Å². The van der Waals surface area contributed by atoms with E-state index in [2.05, 4.69) is 39.8 Å². The highest BCUT2D eigenvalue weighted by molar-refractivity contribution is 14.1. The lowest BCUT2D eigenvalue weighted by atomic mass is 10.3. The van der Waals surface area contributed by atoms with Crippen LogP contribution in [0.25, 0.3) is 0 Å². The average molecular weight is 381 g/mol. The minimum Gasteiger partial charge on any atom is -0.372 e. The number of hydrogen-bond donors (Lipinski definition) is 1. The van der Waals surface area contributed by atoms with Crippen LogP contribution >= 0.6 is 46.1 Å². The van der Waals surface area contributed by atoms with Gasteiger partial charge in [-0.3, -0.25) is 0 Å². The number of aromatic nitrogens is 2. The standard InChI is InChI=1S/C11H16IN3S2/c1-3-7-9(12)11(13-2)15-10(14-7)8-6-16-4-5-17-8/h8H,3-6H2,1-2H3,(H,13,14,15). The minimum absolute atomic E-state index is 0.461. The van der Waals surface area contributed by atoms with Gasteiger partial charge in [0, 0.05) is 24.3 Å². The van der Waals surface area contributed by atoms with Crippen molar-refractivity contribution in [3.63, 3.8) is 0 Å². The van der Waals surface area contributed by atoms with Crippen molar-refractivity contribution in [2.75, 3.05) is 29.6 Å². The summed E-state index contributed by atoms with van der Waals surface area (Å²) in [5, 5.41) is 3.64. The Bertz CT molecular complexity index is 369. The maximum absolute atomic E-state index is 4.73. The predicted molar refractivity (Wildman–Crippen MR) is 86.2 cm³/mol. The van der Waals surface area contributed by atoms with Gasteiger partial charge in [0.15, 0.2) is 0 Å². The zero-order chi connectivity index (χ0) is 12.3. The molecule has 0 bridgehead atoms. The zero-order valence-electron chi connectivity index (χ0n) is 9.99. The van der Waals surface area contributed by atoms with Crippen LogP contribution in [0.4, 0.5) is 5.82 Å². The molecule has 0 radical (unpaired) electrons. The second-order valence-electron chi connectivity index (χ2n) is 3.73. The molecule has 2 rings (SSSR count). The van der Waals surface area contributed by atoms with E-state index in [1.165, 1.54) is 11.5 Å². The molecular weight excluding hydrogens is 365 g/mol. The fourth-order valence-corrected chi connectivity index (χ4v) is 5.18. The third kappa shape index (κ3) is 3.20. The summed E-state index contributed by atoms with van der Waals surface area (Å²) in [7, 11) is 1.93. The molecule has 94 valence electrons. The molecular formula is C11H16IN3S2. The SMILES string of the molecule is CCc1nc(C2CSCCS2)nc(NC)c1I. The second-order valence-corrected chi connectivity index (χ2v) is 7.27. The summed E-state index contributed by atoms with van der Waals surface area (Å²) in [6.45, 7) is 2.15. The van der Waals surface area contributed by atoms with E-state index in [4.69, 9.17) is 4.98 Å². The topological polar surface area (TPSA) is 37.8 Å². The molecule has 1 fully saturated rings. The van der Waals surface area contributed by atoms with Gasteiger partial charge in [0.2, 0.25) is 0 Å². The lowest BCUT2D eigenvalue weighted by Gasteiger charge is -2.21. The van der Waals surface area contributed by atoms with E-state index in [9.17, 15) is 0 Å². The van der Waals surface area contributed by atoms with Crippen LogP contribution in [0.3, 0.4) is 0 Å². The molecule has 1 aliphatic heterocycles. The lowest BCUT2D eigenvalue weighted by molar-refractivity contribution is 0.871. The number of nitrogens with one attached hydrogen (secondary N) is 1. The van der Waals surface area contributed by atoms with Crippen molar-refractivity contribution in [3.8, 4) is 0 Å². The summed E-state index contributed by atoms with van der Waals surface area (Å²) in [5.41, 5.74) is 1.16. The van der Waals surface area contributed by atoms with Crippen LogP contribution in [0.2, 0.25) is 0 Å². The van der Waals surface area contributed by atoms with Gasteiger partial charge in [0.25, 0.3) is 0 Å². The van der Waals surface area contributed by atoms with Crippen molar-refractivity contribution in [1.29, 1.82) is 0 Å². The summed E-state index contributed by atoms with van der Waals surface area (Å²) >= 11 is 6.32. The van der Waals surface area contributed by atoms with Crippen molar-refractivity contribution in [2.45, 2.75) is 18.6 Å². The molecule has 17 heavy (non-hydrogen) atoms. The largest absolute Gasteiger partial charge is 0.372 e. The first-order valence-corrected chi connectivity index (χ1v) is 8.97. The molecule has 6 heteroatoms. The Kier molecular flexibility index (Phi) is 5.23. The molecule has 1 aliphatic rings. The van der Waals surface area contributed by atoms with Crippen LogP contribution in [0.1, 0.15) is 23.7 Å². The van der Waals surface area contributed by atoms with Gasteiger partial charge in [-0.1, -0.05) is 6.92 Å². The molecule has 0 aliphatic carbocycles. The summed E-state index contributed by atoms with van der Waals surface area (Å²) in [6, 6.07) is 0. The molecule has 1 saturated heterocycles. The Hall–Kier alpha value is 0.310. The van der Waals surface area contributed by atoms with E-state index in [-0.39, 0.29) is 0 Å². The van der Waals surface area contributed by atoms with E-state index >= 15 is 0 Å². The fraction of sp³-hybridized carbons (Fsp3) is 0.636. The van der Waals surface area contributed by atoms with Crippen LogP contribution < -0.4 is 5.32 Å². The van der Waals surface area contributed by atoms with E-state index in [0.29, 0.717) is 5.25 Å².